The summed E-state index contributed by atoms with van der Waals surface area (Å²) in [6.07, 6.45) is 6.75. The van der Waals surface area contributed by atoms with E-state index in [-0.39, 0.29) is 17.6 Å². The smallest absolute Gasteiger partial charge is 0.258 e. The monoisotopic (exact) mass is 403 g/mol. The number of nitrogens with one attached hydrogen (secondary N) is 2. The number of rotatable bonds is 6. The lowest BCUT2D eigenvalue weighted by molar-refractivity contribution is 0.367. The van der Waals surface area contributed by atoms with Crippen molar-refractivity contribution in [1.82, 2.24) is 15.3 Å². The molecule has 1 aliphatic rings. The molecule has 0 spiro atoms. The molecule has 0 unspecified atom stereocenters. The van der Waals surface area contributed by atoms with Crippen LogP contribution in [-0.2, 0) is 0 Å². The van der Waals surface area contributed by atoms with Crippen LogP contribution in [0.5, 0.6) is 0 Å². The van der Waals surface area contributed by atoms with Crippen LogP contribution in [0.4, 0.5) is 0 Å². The molecule has 4 rings (SSSR count). The Morgan fingerprint density at radius 2 is 1.67 bits per heavy atom. The van der Waals surface area contributed by atoms with Crippen LogP contribution in [0.25, 0.3) is 10.9 Å². The van der Waals surface area contributed by atoms with Crippen LogP contribution in [0.2, 0.25) is 0 Å². The maximum absolute atomic E-state index is 12.5. The molecule has 3 aromatic rings. The third kappa shape index (κ3) is 4.49. The second kappa shape index (κ2) is 9.13. The normalized spacial score (nSPS) is 17.3. The second-order valence-electron chi connectivity index (χ2n) is 9.08. The van der Waals surface area contributed by atoms with Crippen molar-refractivity contribution in [1.29, 1.82) is 0 Å². The molecule has 1 aliphatic carbocycles. The van der Waals surface area contributed by atoms with E-state index in [0.29, 0.717) is 17.1 Å². The average Bonchev–Trinajstić information content (AvgIpc) is 2.78. The predicted octanol–water partition coefficient (Wildman–Crippen LogP) is 6.02. The van der Waals surface area contributed by atoms with E-state index in [1.54, 1.807) is 0 Å². The fourth-order valence-electron chi connectivity index (χ4n) is 4.74. The van der Waals surface area contributed by atoms with E-state index < -0.39 is 0 Å². The Hall–Kier alpha value is -2.46. The molecule has 4 heteroatoms. The van der Waals surface area contributed by atoms with E-state index in [1.807, 2.05) is 24.3 Å². The number of aromatic nitrogens is 2. The van der Waals surface area contributed by atoms with Gasteiger partial charge in [0.15, 0.2) is 0 Å². The van der Waals surface area contributed by atoms with Gasteiger partial charge in [0.2, 0.25) is 0 Å². The van der Waals surface area contributed by atoms with E-state index in [1.165, 1.54) is 43.2 Å². The summed E-state index contributed by atoms with van der Waals surface area (Å²) in [6.45, 7) is 6.53. The first-order valence-corrected chi connectivity index (χ1v) is 11.4. The summed E-state index contributed by atoms with van der Waals surface area (Å²) in [4.78, 5) is 20.1. The molecule has 30 heavy (non-hydrogen) atoms. The lowest BCUT2D eigenvalue weighted by atomic mass is 9.83. The lowest BCUT2D eigenvalue weighted by Gasteiger charge is -2.28. The standard InChI is InChI=1S/C26H33N3O/c1-17(2)24(21-15-13-20(14-16-21)19-9-5-4-6-10-19)27-18(3)25-28-23-12-8-7-11-22(23)26(30)29-25/h7-8,11-19,24,27H,4-6,9-10H2,1-3H3,(H,28,29,30)/t18-,24+/m0/s1. The third-order valence-electron chi connectivity index (χ3n) is 6.51. The van der Waals surface area contributed by atoms with Gasteiger partial charge in [-0.05, 0) is 54.9 Å². The zero-order valence-corrected chi connectivity index (χ0v) is 18.3. The molecular weight excluding hydrogens is 370 g/mol. The maximum Gasteiger partial charge on any atom is 0.258 e. The van der Waals surface area contributed by atoms with Crippen molar-refractivity contribution in [3.63, 3.8) is 0 Å². The van der Waals surface area contributed by atoms with Crippen LogP contribution in [0, 0.1) is 5.92 Å². The third-order valence-corrected chi connectivity index (χ3v) is 6.51. The molecule has 1 saturated carbocycles. The first-order chi connectivity index (χ1) is 14.5. The highest BCUT2D eigenvalue weighted by atomic mass is 16.1. The van der Waals surface area contributed by atoms with Crippen LogP contribution < -0.4 is 10.9 Å². The first-order valence-electron chi connectivity index (χ1n) is 11.4. The van der Waals surface area contributed by atoms with Crippen LogP contribution in [0.3, 0.4) is 0 Å². The zero-order valence-electron chi connectivity index (χ0n) is 18.3. The number of para-hydroxylation sites is 1. The van der Waals surface area contributed by atoms with Gasteiger partial charge in [0.25, 0.3) is 5.56 Å². The number of hydrogen-bond donors (Lipinski definition) is 2. The topological polar surface area (TPSA) is 57.8 Å². The van der Waals surface area contributed by atoms with Gasteiger partial charge in [-0.25, -0.2) is 4.98 Å². The number of nitrogens with zero attached hydrogens (tertiary/aromatic N) is 1. The van der Waals surface area contributed by atoms with E-state index in [0.717, 1.165) is 11.4 Å². The van der Waals surface area contributed by atoms with Crippen molar-refractivity contribution in [3.05, 3.63) is 75.8 Å². The molecule has 0 radical (unpaired) electrons. The van der Waals surface area contributed by atoms with Crippen molar-refractivity contribution >= 4 is 10.9 Å². The molecule has 158 valence electrons. The summed E-state index contributed by atoms with van der Waals surface area (Å²) < 4.78 is 0. The minimum atomic E-state index is -0.0813. The van der Waals surface area contributed by atoms with Crippen LogP contribution in [0.15, 0.2) is 53.3 Å². The van der Waals surface area contributed by atoms with Gasteiger partial charge in [-0.1, -0.05) is 69.5 Å². The predicted molar refractivity (Wildman–Crippen MR) is 124 cm³/mol. The molecule has 0 bridgehead atoms. The van der Waals surface area contributed by atoms with E-state index in [4.69, 9.17) is 4.98 Å². The fraction of sp³-hybridized carbons (Fsp3) is 0.462. The summed E-state index contributed by atoms with van der Waals surface area (Å²) >= 11 is 0. The van der Waals surface area contributed by atoms with Crippen molar-refractivity contribution in [2.24, 2.45) is 5.92 Å². The summed E-state index contributed by atoms with van der Waals surface area (Å²) in [6, 6.07) is 16.8. The Morgan fingerprint density at radius 3 is 2.37 bits per heavy atom. The van der Waals surface area contributed by atoms with Crippen LogP contribution in [0.1, 0.15) is 87.8 Å². The van der Waals surface area contributed by atoms with Crippen molar-refractivity contribution in [2.45, 2.75) is 70.9 Å². The SMILES string of the molecule is CC(C)[C@@H](N[C@@H](C)c1nc2ccccc2c(=O)[nH]1)c1ccc(C2CCCCC2)cc1. The average molecular weight is 404 g/mol. The van der Waals surface area contributed by atoms with Gasteiger partial charge in [-0.3, -0.25) is 4.79 Å². The van der Waals surface area contributed by atoms with Crippen molar-refractivity contribution in [2.75, 3.05) is 0 Å². The molecule has 1 heterocycles. The Balaban J connectivity index is 1.54. The highest BCUT2D eigenvalue weighted by molar-refractivity contribution is 5.77. The molecule has 0 amide bonds. The van der Waals surface area contributed by atoms with Gasteiger partial charge < -0.3 is 10.3 Å². The van der Waals surface area contributed by atoms with Crippen molar-refractivity contribution in [3.8, 4) is 0 Å². The molecule has 2 atom stereocenters. The van der Waals surface area contributed by atoms with Gasteiger partial charge in [-0.2, -0.15) is 0 Å². The lowest BCUT2D eigenvalue weighted by Crippen LogP contribution is -2.30. The first kappa shape index (κ1) is 20.8. The maximum atomic E-state index is 12.5. The largest absolute Gasteiger partial charge is 0.309 e. The quantitative estimate of drug-likeness (QED) is 0.529. The molecule has 1 aromatic heterocycles. The van der Waals surface area contributed by atoms with Gasteiger partial charge >= 0.3 is 0 Å². The summed E-state index contributed by atoms with van der Waals surface area (Å²) in [7, 11) is 0. The molecule has 0 aliphatic heterocycles. The van der Waals surface area contributed by atoms with Crippen LogP contribution >= 0.6 is 0 Å². The number of fused-ring (bicyclic) bond motifs is 1. The van der Waals surface area contributed by atoms with E-state index in [9.17, 15) is 4.79 Å². The fourth-order valence-corrected chi connectivity index (χ4v) is 4.74. The minimum Gasteiger partial charge on any atom is -0.309 e. The van der Waals surface area contributed by atoms with Crippen molar-refractivity contribution < 1.29 is 0 Å². The molecule has 4 nitrogen and oxygen atoms in total. The Labute approximate surface area is 179 Å². The number of aromatic amines is 1. The van der Waals surface area contributed by atoms with Crippen LogP contribution in [-0.4, -0.2) is 9.97 Å². The number of hydrogen-bond acceptors (Lipinski definition) is 3. The van der Waals surface area contributed by atoms with E-state index in [2.05, 4.69) is 55.3 Å². The molecule has 2 N–H and O–H groups in total. The summed E-state index contributed by atoms with van der Waals surface area (Å²) in [5.41, 5.74) is 3.43. The van der Waals surface area contributed by atoms with Gasteiger partial charge in [-0.15, -0.1) is 0 Å². The minimum absolute atomic E-state index is 0.0623. The highest BCUT2D eigenvalue weighted by Crippen LogP contribution is 2.34. The highest BCUT2D eigenvalue weighted by Gasteiger charge is 2.21. The molecular formula is C26H33N3O. The summed E-state index contributed by atoms with van der Waals surface area (Å²) in [5, 5.41) is 4.34. The Kier molecular flexibility index (Phi) is 6.33. The molecule has 1 fully saturated rings. The number of H-pyrrole nitrogens is 1. The molecule has 0 saturated heterocycles. The van der Waals surface area contributed by atoms with Gasteiger partial charge in [0.05, 0.1) is 16.9 Å². The Bertz CT molecular complexity index is 1030. The Morgan fingerprint density at radius 1 is 0.967 bits per heavy atom. The van der Waals surface area contributed by atoms with E-state index >= 15 is 0 Å². The summed E-state index contributed by atoms with van der Waals surface area (Å²) in [5.74, 6) is 1.83. The second-order valence-corrected chi connectivity index (χ2v) is 9.08. The van der Waals surface area contributed by atoms with Gasteiger partial charge in [0.1, 0.15) is 5.82 Å². The van der Waals surface area contributed by atoms with Gasteiger partial charge in [0, 0.05) is 6.04 Å². The zero-order chi connectivity index (χ0) is 21.1. The molecule has 2 aromatic carbocycles. The number of benzene rings is 2.